The molecular formula is C14H13NO7. The van der Waals surface area contributed by atoms with Crippen molar-refractivity contribution in [1.82, 2.24) is 0 Å². The number of nitrogens with zero attached hydrogens (tertiary/aromatic N) is 1. The van der Waals surface area contributed by atoms with E-state index in [9.17, 15) is 24.5 Å². The molecule has 0 heterocycles. The van der Waals surface area contributed by atoms with Gasteiger partial charge in [0.1, 0.15) is 6.29 Å². The second-order valence-corrected chi connectivity index (χ2v) is 4.90. The van der Waals surface area contributed by atoms with Gasteiger partial charge in [-0.3, -0.25) is 24.5 Å². The fraction of sp³-hybridized carbons (Fsp3) is 0.357. The third kappa shape index (κ3) is 2.22. The maximum absolute atomic E-state index is 12.0. The fourth-order valence-electron chi connectivity index (χ4n) is 2.62. The summed E-state index contributed by atoms with van der Waals surface area (Å²) in [5, 5.41) is 10.9. The molecule has 0 aromatic heterocycles. The number of rotatable bonds is 5. The monoisotopic (exact) mass is 307 g/mol. The van der Waals surface area contributed by atoms with E-state index in [0.717, 1.165) is 14.2 Å². The van der Waals surface area contributed by atoms with Gasteiger partial charge in [0.05, 0.1) is 19.1 Å². The molecule has 1 aliphatic carbocycles. The van der Waals surface area contributed by atoms with Crippen LogP contribution in [-0.4, -0.2) is 37.4 Å². The van der Waals surface area contributed by atoms with Crippen molar-refractivity contribution in [2.24, 2.45) is 5.41 Å². The smallest absolute Gasteiger partial charge is 0.323 e. The number of aldehydes is 1. The first-order chi connectivity index (χ1) is 10.4. The third-order valence-electron chi connectivity index (χ3n) is 3.84. The summed E-state index contributed by atoms with van der Waals surface area (Å²) in [7, 11) is 2.27. The molecule has 0 radical (unpaired) electrons. The van der Waals surface area contributed by atoms with Crippen molar-refractivity contribution in [2.45, 2.75) is 12.3 Å². The average molecular weight is 307 g/mol. The topological polar surface area (TPSA) is 113 Å². The summed E-state index contributed by atoms with van der Waals surface area (Å²) < 4.78 is 9.28. The molecule has 0 spiro atoms. The van der Waals surface area contributed by atoms with E-state index in [1.165, 1.54) is 18.2 Å². The molecule has 1 saturated carbocycles. The van der Waals surface area contributed by atoms with Crippen molar-refractivity contribution in [1.29, 1.82) is 0 Å². The van der Waals surface area contributed by atoms with E-state index < -0.39 is 28.2 Å². The predicted molar refractivity (Wildman–Crippen MR) is 72.3 cm³/mol. The summed E-state index contributed by atoms with van der Waals surface area (Å²) in [6, 6.07) is 3.67. The summed E-state index contributed by atoms with van der Waals surface area (Å²) in [6.45, 7) is 0. The zero-order valence-electron chi connectivity index (χ0n) is 11.9. The van der Waals surface area contributed by atoms with Crippen molar-refractivity contribution >= 4 is 23.9 Å². The van der Waals surface area contributed by atoms with Crippen LogP contribution in [0.15, 0.2) is 18.2 Å². The first-order valence-electron chi connectivity index (χ1n) is 6.32. The van der Waals surface area contributed by atoms with E-state index >= 15 is 0 Å². The number of benzene rings is 1. The lowest BCUT2D eigenvalue weighted by Crippen LogP contribution is -2.30. The zero-order chi connectivity index (χ0) is 16.5. The van der Waals surface area contributed by atoms with E-state index in [4.69, 9.17) is 0 Å². The average Bonchev–Trinajstić information content (AvgIpc) is 3.29. The van der Waals surface area contributed by atoms with E-state index in [1.807, 2.05) is 0 Å². The largest absolute Gasteiger partial charge is 0.468 e. The van der Waals surface area contributed by atoms with Crippen LogP contribution in [0.1, 0.15) is 28.3 Å². The van der Waals surface area contributed by atoms with Crippen molar-refractivity contribution < 1.29 is 28.8 Å². The SMILES string of the molecule is COC(=O)C1(C(=O)OC)CC1c1cc([N+](=O)[O-])ccc1C=O. The Morgan fingerprint density at radius 3 is 2.36 bits per heavy atom. The molecule has 1 fully saturated rings. The highest BCUT2D eigenvalue weighted by molar-refractivity contribution is 6.05. The minimum absolute atomic E-state index is 0.0777. The third-order valence-corrected chi connectivity index (χ3v) is 3.84. The van der Waals surface area contributed by atoms with Gasteiger partial charge in [0.25, 0.3) is 5.69 Å². The van der Waals surface area contributed by atoms with Gasteiger partial charge in [-0.15, -0.1) is 0 Å². The van der Waals surface area contributed by atoms with Crippen LogP contribution in [-0.2, 0) is 19.1 Å². The van der Waals surface area contributed by atoms with Gasteiger partial charge in [-0.05, 0) is 18.1 Å². The summed E-state index contributed by atoms with van der Waals surface area (Å²) in [5.74, 6) is -2.26. The van der Waals surface area contributed by atoms with Crippen molar-refractivity contribution in [3.8, 4) is 0 Å². The first kappa shape index (κ1) is 15.6. The molecule has 2 rings (SSSR count). The number of carbonyl (C=O) groups excluding carboxylic acids is 3. The molecule has 1 aromatic rings. The molecule has 22 heavy (non-hydrogen) atoms. The molecule has 8 heteroatoms. The molecule has 0 amide bonds. The number of nitro groups is 1. The van der Waals surface area contributed by atoms with E-state index in [0.29, 0.717) is 6.29 Å². The molecular weight excluding hydrogens is 294 g/mol. The fourth-order valence-corrected chi connectivity index (χ4v) is 2.62. The van der Waals surface area contributed by atoms with Crippen molar-refractivity contribution in [3.05, 3.63) is 39.4 Å². The standard InChI is InChI=1S/C14H13NO7/c1-21-12(17)14(13(18)22-2)6-11(14)10-5-9(15(19)20)4-3-8(10)7-16/h3-5,7,11H,6H2,1-2H3. The van der Waals surface area contributed by atoms with Crippen LogP contribution >= 0.6 is 0 Å². The molecule has 0 saturated heterocycles. The number of methoxy groups -OCH3 is 2. The number of ether oxygens (including phenoxy) is 2. The van der Waals surface area contributed by atoms with Gasteiger partial charge in [0.2, 0.25) is 0 Å². The zero-order valence-corrected chi connectivity index (χ0v) is 11.9. The Kier molecular flexibility index (Phi) is 3.94. The number of carbonyl (C=O) groups is 3. The lowest BCUT2D eigenvalue weighted by molar-refractivity contribution is -0.384. The van der Waals surface area contributed by atoms with Gasteiger partial charge in [-0.25, -0.2) is 0 Å². The van der Waals surface area contributed by atoms with Gasteiger partial charge < -0.3 is 9.47 Å². The number of esters is 2. The molecule has 1 aliphatic rings. The Morgan fingerprint density at radius 1 is 1.32 bits per heavy atom. The predicted octanol–water partition coefficient (Wildman–Crippen LogP) is 1.23. The highest BCUT2D eigenvalue weighted by Gasteiger charge is 2.69. The van der Waals surface area contributed by atoms with Crippen LogP contribution < -0.4 is 0 Å². The molecule has 0 bridgehead atoms. The Hall–Kier alpha value is -2.77. The van der Waals surface area contributed by atoms with Gasteiger partial charge >= 0.3 is 11.9 Å². The number of hydrogen-bond donors (Lipinski definition) is 0. The minimum atomic E-state index is -1.55. The van der Waals surface area contributed by atoms with E-state index in [1.54, 1.807) is 0 Å². The molecule has 0 aliphatic heterocycles. The molecule has 1 atom stereocenters. The molecule has 0 N–H and O–H groups in total. The van der Waals surface area contributed by atoms with Crippen LogP contribution in [0.3, 0.4) is 0 Å². The Balaban J connectivity index is 2.50. The van der Waals surface area contributed by atoms with Gasteiger partial charge in [0, 0.05) is 23.6 Å². The van der Waals surface area contributed by atoms with Crippen molar-refractivity contribution in [2.75, 3.05) is 14.2 Å². The lowest BCUT2D eigenvalue weighted by atomic mass is 9.95. The summed E-state index contributed by atoms with van der Waals surface area (Å²) in [5.41, 5.74) is -1.32. The molecule has 1 unspecified atom stereocenters. The van der Waals surface area contributed by atoms with Gasteiger partial charge in [0.15, 0.2) is 5.41 Å². The highest BCUT2D eigenvalue weighted by atomic mass is 16.6. The van der Waals surface area contributed by atoms with Crippen LogP contribution in [0.25, 0.3) is 0 Å². The number of nitro benzene ring substituents is 1. The maximum Gasteiger partial charge on any atom is 0.323 e. The van der Waals surface area contributed by atoms with Gasteiger partial charge in [-0.2, -0.15) is 0 Å². The number of non-ortho nitro benzene ring substituents is 1. The Morgan fingerprint density at radius 2 is 1.91 bits per heavy atom. The molecule has 1 aromatic carbocycles. The Labute approximate surface area is 125 Å². The van der Waals surface area contributed by atoms with Crippen LogP contribution in [0.5, 0.6) is 0 Å². The van der Waals surface area contributed by atoms with Crippen LogP contribution in [0, 0.1) is 15.5 Å². The van der Waals surface area contributed by atoms with E-state index in [-0.39, 0.29) is 23.2 Å². The lowest BCUT2D eigenvalue weighted by Gasteiger charge is -2.13. The van der Waals surface area contributed by atoms with Crippen LogP contribution in [0.4, 0.5) is 5.69 Å². The quantitative estimate of drug-likeness (QED) is 0.264. The van der Waals surface area contributed by atoms with Crippen LogP contribution in [0.2, 0.25) is 0 Å². The second-order valence-electron chi connectivity index (χ2n) is 4.90. The maximum atomic E-state index is 12.0. The summed E-state index contributed by atoms with van der Waals surface area (Å²) in [6.07, 6.45) is 0.602. The summed E-state index contributed by atoms with van der Waals surface area (Å²) in [4.78, 5) is 45.3. The summed E-state index contributed by atoms with van der Waals surface area (Å²) >= 11 is 0. The number of hydrogen-bond acceptors (Lipinski definition) is 7. The molecule has 116 valence electrons. The Bertz CT molecular complexity index is 651. The second kappa shape index (κ2) is 5.55. The minimum Gasteiger partial charge on any atom is -0.468 e. The normalized spacial score (nSPS) is 18.2. The van der Waals surface area contributed by atoms with E-state index in [2.05, 4.69) is 9.47 Å². The van der Waals surface area contributed by atoms with Crippen molar-refractivity contribution in [3.63, 3.8) is 0 Å². The molecule has 8 nitrogen and oxygen atoms in total. The first-order valence-corrected chi connectivity index (χ1v) is 6.32. The van der Waals surface area contributed by atoms with Gasteiger partial charge in [-0.1, -0.05) is 0 Å². The highest BCUT2D eigenvalue weighted by Crippen LogP contribution is 2.61.